The van der Waals surface area contributed by atoms with Crippen molar-refractivity contribution in [3.63, 3.8) is 0 Å². The van der Waals surface area contributed by atoms with Crippen LogP contribution < -0.4 is 0 Å². The number of hydrogen-bond donors (Lipinski definition) is 0. The van der Waals surface area contributed by atoms with E-state index in [2.05, 4.69) is 69.4 Å². The first-order valence-corrected chi connectivity index (χ1v) is 29.1. The van der Waals surface area contributed by atoms with E-state index in [0.29, 0.717) is 19.3 Å². The Kier molecular flexibility index (Phi) is 53.8. The van der Waals surface area contributed by atoms with E-state index in [1.54, 1.807) is 0 Å². The van der Waals surface area contributed by atoms with Crippen LogP contribution in [0.3, 0.4) is 0 Å². The second-order valence-electron chi connectivity index (χ2n) is 19.5. The Labute approximate surface area is 416 Å². The number of allylic oxidation sites excluding steroid dienone is 8. The first-order chi connectivity index (χ1) is 33.0. The van der Waals surface area contributed by atoms with E-state index in [1.807, 2.05) is 0 Å². The van der Waals surface area contributed by atoms with Crippen molar-refractivity contribution in [3.05, 3.63) is 48.6 Å². The van der Waals surface area contributed by atoms with Gasteiger partial charge in [0.25, 0.3) is 0 Å². The Morgan fingerprint density at radius 3 is 0.881 bits per heavy atom. The first-order valence-electron chi connectivity index (χ1n) is 29.1. The average molecular weight is 940 g/mol. The third kappa shape index (κ3) is 54.2. The van der Waals surface area contributed by atoms with Crippen LogP contribution in [0.25, 0.3) is 0 Å². The van der Waals surface area contributed by atoms with Crippen LogP contribution in [-0.4, -0.2) is 37.2 Å². The molecule has 6 heteroatoms. The summed E-state index contributed by atoms with van der Waals surface area (Å²) < 4.78 is 16.9. The van der Waals surface area contributed by atoms with Crippen molar-refractivity contribution in [2.45, 2.75) is 309 Å². The second-order valence-corrected chi connectivity index (χ2v) is 19.5. The summed E-state index contributed by atoms with van der Waals surface area (Å²) in [5, 5.41) is 0. The molecule has 0 aliphatic carbocycles. The monoisotopic (exact) mass is 939 g/mol. The number of carbonyl (C=O) groups excluding carboxylic acids is 3. The number of rotatable bonds is 53. The molecule has 0 rings (SSSR count). The number of ether oxygens (including phenoxy) is 3. The van der Waals surface area contributed by atoms with Gasteiger partial charge in [-0.15, -0.1) is 0 Å². The van der Waals surface area contributed by atoms with Crippen molar-refractivity contribution in [2.75, 3.05) is 13.2 Å². The molecule has 0 aromatic heterocycles. The summed E-state index contributed by atoms with van der Waals surface area (Å²) in [6.45, 7) is 6.61. The van der Waals surface area contributed by atoms with Crippen molar-refractivity contribution in [1.82, 2.24) is 0 Å². The molecule has 0 spiro atoms. The topological polar surface area (TPSA) is 78.9 Å². The molecule has 0 aromatic rings. The molecule has 0 amide bonds. The molecule has 0 heterocycles. The lowest BCUT2D eigenvalue weighted by Gasteiger charge is -2.18. The standard InChI is InChI=1S/C61H110O6/c1-4-7-10-13-16-19-22-25-27-29-30-32-33-36-39-42-45-48-51-54-60(63)66-57-58(56-65-59(62)53-50-47-44-41-38-35-24-21-18-15-12-9-6-3)67-61(64)55-52-49-46-43-40-37-34-31-28-26-23-20-17-14-11-8-5-2/h16,19,21,24-28,58H,4-15,17-18,20,22-23,29-57H2,1-3H3/b19-16-,24-21-,27-25-,28-26-. The Morgan fingerprint density at radius 2 is 0.537 bits per heavy atom. The average Bonchev–Trinajstić information content (AvgIpc) is 3.33. The maximum absolute atomic E-state index is 12.9. The van der Waals surface area contributed by atoms with E-state index in [1.165, 1.54) is 193 Å². The molecule has 0 bridgehead atoms. The van der Waals surface area contributed by atoms with E-state index < -0.39 is 6.10 Å². The fraction of sp³-hybridized carbons (Fsp3) is 0.820. The summed E-state index contributed by atoms with van der Waals surface area (Å²) in [6.07, 6.45) is 68.1. The number of esters is 3. The van der Waals surface area contributed by atoms with Gasteiger partial charge in [0.2, 0.25) is 0 Å². The van der Waals surface area contributed by atoms with Crippen LogP contribution in [0.1, 0.15) is 303 Å². The third-order valence-corrected chi connectivity index (χ3v) is 12.8. The molecule has 0 aliphatic heterocycles. The minimum Gasteiger partial charge on any atom is -0.462 e. The van der Waals surface area contributed by atoms with Gasteiger partial charge >= 0.3 is 17.9 Å². The normalized spacial score (nSPS) is 12.3. The largest absolute Gasteiger partial charge is 0.462 e. The summed E-state index contributed by atoms with van der Waals surface area (Å²) in [6, 6.07) is 0. The van der Waals surface area contributed by atoms with Crippen LogP contribution in [-0.2, 0) is 28.6 Å². The van der Waals surface area contributed by atoms with E-state index in [-0.39, 0.29) is 31.1 Å². The van der Waals surface area contributed by atoms with Gasteiger partial charge in [0, 0.05) is 19.3 Å². The second kappa shape index (κ2) is 56.0. The van der Waals surface area contributed by atoms with Crippen molar-refractivity contribution in [1.29, 1.82) is 0 Å². The SMILES string of the molecule is CCCCC/C=C\C/C=C\CCCCCCCCCCCC(=O)OCC(COC(=O)CCCCCCC/C=C\CCCCCC)OC(=O)CCCCCCCCC/C=C\CCCCCCCC. The maximum Gasteiger partial charge on any atom is 0.306 e. The number of carbonyl (C=O) groups is 3. The Hall–Kier alpha value is -2.63. The van der Waals surface area contributed by atoms with E-state index in [4.69, 9.17) is 14.2 Å². The molecule has 0 aliphatic rings. The van der Waals surface area contributed by atoms with Gasteiger partial charge in [0.15, 0.2) is 6.10 Å². The molecule has 6 nitrogen and oxygen atoms in total. The summed E-state index contributed by atoms with van der Waals surface area (Å²) in [5.41, 5.74) is 0. The zero-order chi connectivity index (χ0) is 48.6. The third-order valence-electron chi connectivity index (χ3n) is 12.8. The summed E-state index contributed by atoms with van der Waals surface area (Å²) in [5.74, 6) is -0.882. The zero-order valence-electron chi connectivity index (χ0n) is 44.7. The lowest BCUT2D eigenvalue weighted by Crippen LogP contribution is -2.30. The fourth-order valence-corrected chi connectivity index (χ4v) is 8.35. The Morgan fingerprint density at radius 1 is 0.299 bits per heavy atom. The predicted molar refractivity (Wildman–Crippen MR) is 289 cm³/mol. The van der Waals surface area contributed by atoms with Gasteiger partial charge < -0.3 is 14.2 Å². The lowest BCUT2D eigenvalue weighted by molar-refractivity contribution is -0.167. The van der Waals surface area contributed by atoms with Gasteiger partial charge in [-0.05, 0) is 103 Å². The van der Waals surface area contributed by atoms with Gasteiger partial charge in [-0.25, -0.2) is 0 Å². The first kappa shape index (κ1) is 64.4. The smallest absolute Gasteiger partial charge is 0.306 e. The minimum absolute atomic E-state index is 0.0781. The van der Waals surface area contributed by atoms with E-state index in [0.717, 1.165) is 70.6 Å². The lowest BCUT2D eigenvalue weighted by atomic mass is 10.1. The maximum atomic E-state index is 12.9. The molecular weight excluding hydrogens is 829 g/mol. The highest BCUT2D eigenvalue weighted by molar-refractivity contribution is 5.71. The van der Waals surface area contributed by atoms with Gasteiger partial charge in [-0.3, -0.25) is 14.4 Å². The molecule has 0 N–H and O–H groups in total. The van der Waals surface area contributed by atoms with Gasteiger partial charge in [0.1, 0.15) is 13.2 Å². The highest BCUT2D eigenvalue weighted by atomic mass is 16.6. The molecule has 390 valence electrons. The van der Waals surface area contributed by atoms with Crippen LogP contribution >= 0.6 is 0 Å². The van der Waals surface area contributed by atoms with Gasteiger partial charge in [-0.2, -0.15) is 0 Å². The van der Waals surface area contributed by atoms with Gasteiger partial charge in [-0.1, -0.05) is 230 Å². The molecule has 0 radical (unpaired) electrons. The summed E-state index contributed by atoms with van der Waals surface area (Å²) >= 11 is 0. The van der Waals surface area contributed by atoms with Crippen molar-refractivity contribution >= 4 is 17.9 Å². The van der Waals surface area contributed by atoms with Crippen LogP contribution in [0.5, 0.6) is 0 Å². The molecule has 1 atom stereocenters. The summed E-state index contributed by atoms with van der Waals surface area (Å²) in [7, 11) is 0. The van der Waals surface area contributed by atoms with Crippen molar-refractivity contribution in [2.24, 2.45) is 0 Å². The molecule has 0 saturated carbocycles. The zero-order valence-corrected chi connectivity index (χ0v) is 44.7. The Balaban J connectivity index is 4.35. The Bertz CT molecular complexity index is 1170. The molecule has 0 saturated heterocycles. The molecule has 67 heavy (non-hydrogen) atoms. The van der Waals surface area contributed by atoms with E-state index >= 15 is 0 Å². The molecule has 0 aromatic carbocycles. The van der Waals surface area contributed by atoms with Gasteiger partial charge in [0.05, 0.1) is 0 Å². The van der Waals surface area contributed by atoms with Crippen LogP contribution in [0, 0.1) is 0 Å². The molecular formula is C61H110O6. The van der Waals surface area contributed by atoms with Crippen molar-refractivity contribution < 1.29 is 28.6 Å². The highest BCUT2D eigenvalue weighted by Crippen LogP contribution is 2.15. The molecule has 0 fully saturated rings. The van der Waals surface area contributed by atoms with Crippen LogP contribution in [0.2, 0.25) is 0 Å². The number of hydrogen-bond acceptors (Lipinski definition) is 6. The minimum atomic E-state index is -0.779. The van der Waals surface area contributed by atoms with E-state index in [9.17, 15) is 14.4 Å². The van der Waals surface area contributed by atoms with Crippen LogP contribution in [0.15, 0.2) is 48.6 Å². The predicted octanol–water partition coefficient (Wildman–Crippen LogP) is 19.4. The fourth-order valence-electron chi connectivity index (χ4n) is 8.35. The van der Waals surface area contributed by atoms with Crippen molar-refractivity contribution in [3.8, 4) is 0 Å². The molecule has 1 unspecified atom stereocenters. The quantitative estimate of drug-likeness (QED) is 0.0262. The highest BCUT2D eigenvalue weighted by Gasteiger charge is 2.19. The van der Waals surface area contributed by atoms with Crippen LogP contribution in [0.4, 0.5) is 0 Å². The summed E-state index contributed by atoms with van der Waals surface area (Å²) in [4.78, 5) is 38.1. The number of unbranched alkanes of at least 4 members (excludes halogenated alkanes) is 34.